The maximum atomic E-state index is 5.28. The molecule has 1 aromatic rings. The van der Waals surface area contributed by atoms with Gasteiger partial charge < -0.3 is 19.7 Å². The van der Waals surface area contributed by atoms with Gasteiger partial charge in [-0.1, -0.05) is 18.2 Å². The van der Waals surface area contributed by atoms with E-state index in [4.69, 9.17) is 9.47 Å². The lowest BCUT2D eigenvalue weighted by atomic mass is 10.1. The third kappa shape index (κ3) is 3.72. The second-order valence-electron chi connectivity index (χ2n) is 5.33. The van der Waals surface area contributed by atoms with Gasteiger partial charge in [-0.25, -0.2) is 0 Å². The number of rotatable bonds is 7. The molecule has 1 aliphatic heterocycles. The van der Waals surface area contributed by atoms with Crippen molar-refractivity contribution in [2.24, 2.45) is 0 Å². The number of ether oxygens (including phenoxy) is 2. The number of benzene rings is 1. The van der Waals surface area contributed by atoms with E-state index in [2.05, 4.69) is 41.4 Å². The molecule has 1 aliphatic rings. The minimum atomic E-state index is -0.214. The van der Waals surface area contributed by atoms with Crippen LogP contribution in [0.3, 0.4) is 0 Å². The predicted molar refractivity (Wildman–Crippen MR) is 82.0 cm³/mol. The highest BCUT2D eigenvalue weighted by Crippen LogP contribution is 2.24. The van der Waals surface area contributed by atoms with Crippen LogP contribution < -0.4 is 10.2 Å². The zero-order valence-corrected chi connectivity index (χ0v) is 12.8. The van der Waals surface area contributed by atoms with Crippen molar-refractivity contribution in [2.75, 3.05) is 32.2 Å². The molecule has 20 heavy (non-hydrogen) atoms. The minimum Gasteiger partial charge on any atom is -0.371 e. The minimum absolute atomic E-state index is 0.150. The summed E-state index contributed by atoms with van der Waals surface area (Å²) in [6.45, 7) is 5.25. The van der Waals surface area contributed by atoms with E-state index in [-0.39, 0.29) is 12.3 Å². The van der Waals surface area contributed by atoms with E-state index in [9.17, 15) is 0 Å². The summed E-state index contributed by atoms with van der Waals surface area (Å²) in [5.74, 6) is 0. The van der Waals surface area contributed by atoms with E-state index >= 15 is 0 Å². The fraction of sp³-hybridized carbons (Fsp3) is 0.625. The average molecular weight is 278 g/mol. The molecule has 0 radical (unpaired) electrons. The third-order valence-corrected chi connectivity index (χ3v) is 3.93. The number of nitrogens with zero attached hydrogens (tertiary/aromatic N) is 1. The van der Waals surface area contributed by atoms with E-state index in [1.54, 1.807) is 14.2 Å². The van der Waals surface area contributed by atoms with Crippen molar-refractivity contribution < 1.29 is 9.47 Å². The first-order valence-electron chi connectivity index (χ1n) is 7.38. The smallest absolute Gasteiger partial charge is 0.171 e. The Morgan fingerprint density at radius 1 is 1.15 bits per heavy atom. The fourth-order valence-corrected chi connectivity index (χ4v) is 2.80. The Morgan fingerprint density at radius 3 is 2.45 bits per heavy atom. The SMILES string of the molecule is COC(OC)C(C)NCc1ccccc1N1CCCC1. The molecule has 112 valence electrons. The van der Waals surface area contributed by atoms with Gasteiger partial charge in [0.25, 0.3) is 0 Å². The predicted octanol–water partition coefficient (Wildman–Crippen LogP) is 2.38. The van der Waals surface area contributed by atoms with Crippen LogP contribution in [0.15, 0.2) is 24.3 Å². The molecule has 1 fully saturated rings. The summed E-state index contributed by atoms with van der Waals surface area (Å²) in [6.07, 6.45) is 2.38. The topological polar surface area (TPSA) is 33.7 Å². The Morgan fingerprint density at radius 2 is 1.80 bits per heavy atom. The molecule has 1 aromatic carbocycles. The zero-order valence-electron chi connectivity index (χ0n) is 12.8. The van der Waals surface area contributed by atoms with E-state index < -0.39 is 0 Å². The van der Waals surface area contributed by atoms with Crippen LogP contribution in [0.5, 0.6) is 0 Å². The lowest BCUT2D eigenvalue weighted by molar-refractivity contribution is -0.119. The van der Waals surface area contributed by atoms with Gasteiger partial charge in [0.2, 0.25) is 0 Å². The van der Waals surface area contributed by atoms with Crippen LogP contribution in [0, 0.1) is 0 Å². The van der Waals surface area contributed by atoms with Crippen molar-refractivity contribution >= 4 is 5.69 Å². The summed E-state index contributed by atoms with van der Waals surface area (Å²) in [7, 11) is 3.34. The molecular weight excluding hydrogens is 252 g/mol. The molecule has 1 heterocycles. The van der Waals surface area contributed by atoms with Crippen molar-refractivity contribution in [1.82, 2.24) is 5.32 Å². The molecule has 0 spiro atoms. The summed E-state index contributed by atoms with van der Waals surface area (Å²) in [5.41, 5.74) is 2.70. The van der Waals surface area contributed by atoms with Crippen molar-refractivity contribution in [3.63, 3.8) is 0 Å². The first-order chi connectivity index (χ1) is 9.76. The summed E-state index contributed by atoms with van der Waals surface area (Å²) < 4.78 is 10.6. The Labute approximate surface area is 122 Å². The van der Waals surface area contributed by atoms with Gasteiger partial charge in [0.05, 0.1) is 6.04 Å². The molecule has 1 N–H and O–H groups in total. The normalized spacial score (nSPS) is 16.9. The van der Waals surface area contributed by atoms with Crippen LogP contribution in [-0.4, -0.2) is 39.6 Å². The first-order valence-corrected chi connectivity index (χ1v) is 7.38. The van der Waals surface area contributed by atoms with Crippen molar-refractivity contribution in [2.45, 2.75) is 38.6 Å². The van der Waals surface area contributed by atoms with Crippen LogP contribution >= 0.6 is 0 Å². The molecular formula is C16H26N2O2. The van der Waals surface area contributed by atoms with Gasteiger partial charge in [-0.15, -0.1) is 0 Å². The second kappa shape index (κ2) is 7.62. The zero-order chi connectivity index (χ0) is 14.4. The van der Waals surface area contributed by atoms with Crippen LogP contribution in [0.2, 0.25) is 0 Å². The van der Waals surface area contributed by atoms with Gasteiger partial charge >= 0.3 is 0 Å². The van der Waals surface area contributed by atoms with Gasteiger partial charge in [0.15, 0.2) is 6.29 Å². The van der Waals surface area contributed by atoms with Gasteiger partial charge in [-0.3, -0.25) is 0 Å². The maximum absolute atomic E-state index is 5.28. The molecule has 0 aliphatic carbocycles. The number of nitrogens with one attached hydrogen (secondary N) is 1. The van der Waals surface area contributed by atoms with E-state index in [0.717, 1.165) is 6.54 Å². The molecule has 1 unspecified atom stereocenters. The van der Waals surface area contributed by atoms with Crippen LogP contribution in [0.25, 0.3) is 0 Å². The van der Waals surface area contributed by atoms with E-state index in [1.165, 1.54) is 37.2 Å². The third-order valence-electron chi connectivity index (χ3n) is 3.93. The molecule has 4 nitrogen and oxygen atoms in total. The summed E-state index contributed by atoms with van der Waals surface area (Å²) in [5, 5.41) is 3.49. The Hall–Kier alpha value is -1.10. The van der Waals surface area contributed by atoms with Crippen molar-refractivity contribution in [3.8, 4) is 0 Å². The van der Waals surface area contributed by atoms with Gasteiger partial charge in [0, 0.05) is 39.5 Å². The van der Waals surface area contributed by atoms with Crippen molar-refractivity contribution in [1.29, 1.82) is 0 Å². The van der Waals surface area contributed by atoms with E-state index in [0.29, 0.717) is 0 Å². The molecule has 0 bridgehead atoms. The molecule has 4 heteroatoms. The standard InChI is InChI=1S/C16H26N2O2/c1-13(16(19-2)20-3)17-12-14-8-4-5-9-15(14)18-10-6-7-11-18/h4-5,8-9,13,16-17H,6-7,10-12H2,1-3H3. The lowest BCUT2D eigenvalue weighted by Gasteiger charge is -2.25. The van der Waals surface area contributed by atoms with Gasteiger partial charge in [0.1, 0.15) is 0 Å². The molecule has 0 saturated carbocycles. The van der Waals surface area contributed by atoms with Gasteiger partial charge in [-0.2, -0.15) is 0 Å². The number of methoxy groups -OCH3 is 2. The van der Waals surface area contributed by atoms with Crippen molar-refractivity contribution in [3.05, 3.63) is 29.8 Å². The molecule has 0 aromatic heterocycles. The Kier molecular flexibility index (Phi) is 5.83. The van der Waals surface area contributed by atoms with E-state index in [1.807, 2.05) is 0 Å². The second-order valence-corrected chi connectivity index (χ2v) is 5.33. The maximum Gasteiger partial charge on any atom is 0.171 e. The Balaban J connectivity index is 1.98. The van der Waals surface area contributed by atoms with Gasteiger partial charge in [-0.05, 0) is 31.4 Å². The summed E-state index contributed by atoms with van der Waals surface area (Å²) in [6, 6.07) is 8.79. The number of anilines is 1. The molecule has 2 rings (SSSR count). The average Bonchev–Trinajstić information content (AvgIpc) is 3.01. The highest BCUT2D eigenvalue weighted by Gasteiger charge is 2.18. The van der Waals surface area contributed by atoms with Crippen LogP contribution in [0.4, 0.5) is 5.69 Å². The monoisotopic (exact) mass is 278 g/mol. The first kappa shape index (κ1) is 15.3. The lowest BCUT2D eigenvalue weighted by Crippen LogP contribution is -2.39. The quantitative estimate of drug-likeness (QED) is 0.777. The number of hydrogen-bond acceptors (Lipinski definition) is 4. The number of hydrogen-bond donors (Lipinski definition) is 1. The molecule has 1 atom stereocenters. The summed E-state index contributed by atoms with van der Waals surface area (Å²) >= 11 is 0. The summed E-state index contributed by atoms with van der Waals surface area (Å²) in [4.78, 5) is 2.48. The largest absolute Gasteiger partial charge is 0.371 e. The number of para-hydroxylation sites is 1. The molecule has 0 amide bonds. The van der Waals surface area contributed by atoms with Crippen LogP contribution in [0.1, 0.15) is 25.3 Å². The highest BCUT2D eigenvalue weighted by molar-refractivity contribution is 5.54. The fourth-order valence-electron chi connectivity index (χ4n) is 2.80. The highest BCUT2D eigenvalue weighted by atomic mass is 16.7. The Bertz CT molecular complexity index is 401. The molecule has 1 saturated heterocycles. The van der Waals surface area contributed by atoms with Crippen LogP contribution in [-0.2, 0) is 16.0 Å².